The van der Waals surface area contributed by atoms with Crippen LogP contribution >= 0.6 is 0 Å². The van der Waals surface area contributed by atoms with Crippen molar-refractivity contribution in [2.75, 3.05) is 0 Å². The van der Waals surface area contributed by atoms with Gasteiger partial charge in [-0.25, -0.2) is 10.1 Å². The van der Waals surface area contributed by atoms with Crippen molar-refractivity contribution in [1.82, 2.24) is 0 Å². The number of nitriles is 1. The van der Waals surface area contributed by atoms with E-state index in [0.29, 0.717) is 0 Å². The Hall–Kier alpha value is -4.64. The Balaban J connectivity index is 2.53. The van der Waals surface area contributed by atoms with Gasteiger partial charge in [0, 0.05) is 23.8 Å². The number of nitro benzene ring substituents is 3. The number of allylic oxidation sites excluding steroid dienone is 1. The minimum Gasteiger partial charge on any atom is -0.258 e. The highest BCUT2D eigenvalue weighted by atomic mass is 16.6. The first kappa shape index (κ1) is 17.2. The molecular weight excluding hydrogens is 358 g/mol. The topological polar surface area (TPSA) is 158 Å². The fourth-order valence-corrected chi connectivity index (χ4v) is 2.95. The van der Waals surface area contributed by atoms with Crippen LogP contribution in [0, 0.1) is 48.2 Å². The van der Waals surface area contributed by atoms with Crippen LogP contribution in [0.1, 0.15) is 11.1 Å². The lowest BCUT2D eigenvalue weighted by Gasteiger charge is -2.03. The number of hydrogen-bond acceptors (Lipinski definition) is 7. The molecule has 0 aromatic heterocycles. The Bertz CT molecular complexity index is 1170. The molecule has 1 aliphatic rings. The van der Waals surface area contributed by atoms with Crippen molar-refractivity contribution in [3.05, 3.63) is 88.9 Å². The molecule has 2 aromatic carbocycles. The standard InChI is InChI=1S/C16H5N5O6/c1-18-13(7-17)15-11-4-8(19(22)23)2-3-10(11)16-12(15)5-9(20(24)25)6-14(16)21(26)27/h2-6H/b15-13+. The second kappa shape index (κ2) is 6.02. The van der Waals surface area contributed by atoms with E-state index in [-0.39, 0.29) is 33.5 Å². The minimum absolute atomic E-state index is 0.0260. The van der Waals surface area contributed by atoms with Crippen LogP contribution in [0.25, 0.3) is 21.5 Å². The van der Waals surface area contributed by atoms with Gasteiger partial charge < -0.3 is 0 Å². The number of nitro groups is 3. The summed E-state index contributed by atoms with van der Waals surface area (Å²) in [4.78, 5) is 34.4. The van der Waals surface area contributed by atoms with Gasteiger partial charge in [0.15, 0.2) is 0 Å². The Morgan fingerprint density at radius 2 is 1.56 bits per heavy atom. The molecule has 1 aliphatic carbocycles. The molecule has 0 heterocycles. The summed E-state index contributed by atoms with van der Waals surface area (Å²) in [6.07, 6.45) is 0. The van der Waals surface area contributed by atoms with Crippen molar-refractivity contribution in [2.45, 2.75) is 0 Å². The van der Waals surface area contributed by atoms with Gasteiger partial charge in [0.2, 0.25) is 0 Å². The third kappa shape index (κ3) is 2.52. The van der Waals surface area contributed by atoms with Crippen LogP contribution in [0.15, 0.2) is 36.0 Å². The zero-order valence-electron chi connectivity index (χ0n) is 13.1. The normalized spacial score (nSPS) is 13.0. The quantitative estimate of drug-likeness (QED) is 0.297. The molecule has 27 heavy (non-hydrogen) atoms. The Morgan fingerprint density at radius 3 is 2.07 bits per heavy atom. The molecule has 0 aliphatic heterocycles. The van der Waals surface area contributed by atoms with Gasteiger partial charge in [-0.05, 0) is 22.8 Å². The molecule has 2 aromatic rings. The molecule has 0 amide bonds. The predicted molar refractivity (Wildman–Crippen MR) is 90.1 cm³/mol. The monoisotopic (exact) mass is 363 g/mol. The smallest absolute Gasteiger partial charge is 0.258 e. The van der Waals surface area contributed by atoms with Gasteiger partial charge in [0.05, 0.1) is 39.0 Å². The molecule has 0 saturated heterocycles. The Labute approximate surface area is 149 Å². The van der Waals surface area contributed by atoms with E-state index >= 15 is 0 Å². The van der Waals surface area contributed by atoms with Crippen molar-refractivity contribution in [1.29, 1.82) is 5.26 Å². The molecule has 0 radical (unpaired) electrons. The van der Waals surface area contributed by atoms with Crippen LogP contribution in [0.4, 0.5) is 17.1 Å². The summed E-state index contributed by atoms with van der Waals surface area (Å²) >= 11 is 0. The van der Waals surface area contributed by atoms with E-state index in [1.54, 1.807) is 6.07 Å². The highest BCUT2D eigenvalue weighted by molar-refractivity contribution is 6.07. The van der Waals surface area contributed by atoms with Gasteiger partial charge >= 0.3 is 0 Å². The van der Waals surface area contributed by atoms with Gasteiger partial charge in [0.25, 0.3) is 22.8 Å². The van der Waals surface area contributed by atoms with Crippen LogP contribution in [0.5, 0.6) is 0 Å². The van der Waals surface area contributed by atoms with E-state index in [1.807, 2.05) is 0 Å². The van der Waals surface area contributed by atoms with E-state index in [9.17, 15) is 35.6 Å². The molecule has 0 atom stereocenters. The fraction of sp³-hybridized carbons (Fsp3) is 0. The average Bonchev–Trinajstić information content (AvgIpc) is 2.95. The first-order chi connectivity index (χ1) is 12.8. The molecule has 3 rings (SSSR count). The third-order valence-corrected chi connectivity index (χ3v) is 3.99. The first-order valence-corrected chi connectivity index (χ1v) is 7.08. The van der Waals surface area contributed by atoms with E-state index in [2.05, 4.69) is 4.85 Å². The van der Waals surface area contributed by atoms with E-state index in [4.69, 9.17) is 6.57 Å². The summed E-state index contributed by atoms with van der Waals surface area (Å²) in [5, 5.41) is 43.0. The summed E-state index contributed by atoms with van der Waals surface area (Å²) in [5.74, 6) is 0. The highest BCUT2D eigenvalue weighted by Crippen LogP contribution is 2.51. The van der Waals surface area contributed by atoms with Crippen molar-refractivity contribution >= 4 is 22.6 Å². The summed E-state index contributed by atoms with van der Waals surface area (Å²) in [5.41, 5.74) is -1.95. The maximum absolute atomic E-state index is 11.5. The lowest BCUT2D eigenvalue weighted by Crippen LogP contribution is -1.97. The maximum atomic E-state index is 11.5. The van der Waals surface area contributed by atoms with Crippen molar-refractivity contribution in [3.8, 4) is 17.2 Å². The lowest BCUT2D eigenvalue weighted by molar-refractivity contribution is -0.393. The Kier molecular flexibility index (Phi) is 3.83. The number of non-ortho nitro benzene ring substituents is 2. The summed E-state index contributed by atoms with van der Waals surface area (Å²) in [7, 11) is 0. The van der Waals surface area contributed by atoms with E-state index < -0.39 is 31.8 Å². The lowest BCUT2D eigenvalue weighted by atomic mass is 10.0. The van der Waals surface area contributed by atoms with E-state index in [0.717, 1.165) is 24.3 Å². The molecule has 0 N–H and O–H groups in total. The molecule has 0 spiro atoms. The summed E-state index contributed by atoms with van der Waals surface area (Å²) in [6.45, 7) is 7.17. The predicted octanol–water partition coefficient (Wildman–Crippen LogP) is 3.59. The Morgan fingerprint density at radius 1 is 0.926 bits per heavy atom. The number of hydrogen-bond donors (Lipinski definition) is 0. The van der Waals surface area contributed by atoms with Gasteiger partial charge in [-0.2, -0.15) is 0 Å². The van der Waals surface area contributed by atoms with E-state index in [1.165, 1.54) is 6.07 Å². The van der Waals surface area contributed by atoms with Gasteiger partial charge in [0.1, 0.15) is 0 Å². The molecule has 0 fully saturated rings. The molecule has 0 bridgehead atoms. The van der Waals surface area contributed by atoms with Crippen LogP contribution in [0.3, 0.4) is 0 Å². The van der Waals surface area contributed by atoms with Gasteiger partial charge in [-0.15, -0.1) is 0 Å². The molecule has 0 unspecified atom stereocenters. The first-order valence-electron chi connectivity index (χ1n) is 7.08. The molecule has 11 nitrogen and oxygen atoms in total. The average molecular weight is 363 g/mol. The second-order valence-corrected chi connectivity index (χ2v) is 5.34. The molecular formula is C16H5N5O6. The third-order valence-electron chi connectivity index (χ3n) is 3.99. The summed E-state index contributed by atoms with van der Waals surface area (Å²) < 4.78 is 0. The van der Waals surface area contributed by atoms with Crippen LogP contribution in [-0.4, -0.2) is 14.8 Å². The van der Waals surface area contributed by atoms with Crippen molar-refractivity contribution in [3.63, 3.8) is 0 Å². The molecule has 130 valence electrons. The number of benzene rings is 2. The maximum Gasteiger partial charge on any atom is 0.284 e. The van der Waals surface area contributed by atoms with Crippen LogP contribution in [0.2, 0.25) is 0 Å². The van der Waals surface area contributed by atoms with Crippen LogP contribution < -0.4 is 0 Å². The zero-order valence-corrected chi connectivity index (χ0v) is 13.1. The number of fused-ring (bicyclic) bond motifs is 3. The minimum atomic E-state index is -0.833. The SMILES string of the molecule is [C-]#[N+]/C(C#N)=C1\c2cc([N+](=O)[O-])ccc2-c2c1cc([N+](=O)[O-])cc2[N+](=O)[O-]. The summed E-state index contributed by atoms with van der Waals surface area (Å²) in [6, 6.07) is 6.90. The van der Waals surface area contributed by atoms with Crippen molar-refractivity contribution in [2.24, 2.45) is 0 Å². The fourth-order valence-electron chi connectivity index (χ4n) is 2.95. The zero-order chi connectivity index (χ0) is 19.9. The number of rotatable bonds is 3. The van der Waals surface area contributed by atoms with Crippen molar-refractivity contribution < 1.29 is 14.8 Å². The van der Waals surface area contributed by atoms with Gasteiger partial charge in [-0.1, -0.05) is 0 Å². The second-order valence-electron chi connectivity index (χ2n) is 5.34. The highest BCUT2D eigenvalue weighted by Gasteiger charge is 2.36. The molecule has 11 heteroatoms. The van der Waals surface area contributed by atoms with Crippen LogP contribution in [-0.2, 0) is 0 Å². The molecule has 0 saturated carbocycles. The largest absolute Gasteiger partial charge is 0.284 e. The number of nitrogens with zero attached hydrogens (tertiary/aromatic N) is 5. The van der Waals surface area contributed by atoms with Gasteiger partial charge in [-0.3, -0.25) is 30.3 Å².